The minimum absolute atomic E-state index is 0.286. The van der Waals surface area contributed by atoms with Gasteiger partial charge in [0.2, 0.25) is 0 Å². The Morgan fingerprint density at radius 3 is 2.63 bits per heavy atom. The van der Waals surface area contributed by atoms with E-state index in [0.29, 0.717) is 5.56 Å². The molecule has 0 aromatic heterocycles. The molecular weight excluding hydrogens is 241 g/mol. The van der Waals surface area contributed by atoms with Gasteiger partial charge in [0.15, 0.2) is 0 Å². The number of halogens is 1. The van der Waals surface area contributed by atoms with Crippen LogP contribution in [-0.2, 0) is 0 Å². The van der Waals surface area contributed by atoms with Gasteiger partial charge >= 0.3 is 0 Å². The molecule has 19 heavy (non-hydrogen) atoms. The second-order valence-electron chi connectivity index (χ2n) is 5.76. The predicted molar refractivity (Wildman–Crippen MR) is 76.9 cm³/mol. The highest BCUT2D eigenvalue weighted by atomic mass is 19.1. The number of hydrogen-bond acceptors (Lipinski definition) is 2. The third kappa shape index (κ3) is 3.69. The van der Waals surface area contributed by atoms with E-state index in [-0.39, 0.29) is 5.82 Å². The Bertz CT molecular complexity index is 413. The van der Waals surface area contributed by atoms with Crippen LogP contribution in [0.3, 0.4) is 0 Å². The number of hydrogen-bond donors (Lipinski definition) is 1. The molecule has 1 aliphatic carbocycles. The minimum Gasteiger partial charge on any atom is -0.389 e. The Balaban J connectivity index is 2.11. The topological polar surface area (TPSA) is 23.5 Å². The number of benzene rings is 1. The first kappa shape index (κ1) is 14.3. The molecule has 2 nitrogen and oxygen atoms in total. The molecule has 0 amide bonds. The Morgan fingerprint density at radius 2 is 2.00 bits per heavy atom. The van der Waals surface area contributed by atoms with Crippen LogP contribution in [0.2, 0.25) is 0 Å². The first-order chi connectivity index (χ1) is 9.08. The summed E-state index contributed by atoms with van der Waals surface area (Å²) in [5, 5.41) is 9.79. The maximum Gasteiger partial charge on any atom is 0.123 e. The third-order valence-electron chi connectivity index (χ3n) is 4.11. The van der Waals surface area contributed by atoms with Crippen molar-refractivity contribution in [1.82, 2.24) is 0 Å². The second-order valence-corrected chi connectivity index (χ2v) is 5.76. The molecule has 1 aromatic rings. The molecule has 0 bridgehead atoms. The third-order valence-corrected chi connectivity index (χ3v) is 4.11. The molecule has 2 rings (SSSR count). The molecule has 1 aromatic carbocycles. The summed E-state index contributed by atoms with van der Waals surface area (Å²) < 4.78 is 13.3. The SMILES string of the molecule is CC(O)c1cc(F)ccc1N(C)CC1CCCCC1. The lowest BCUT2D eigenvalue weighted by molar-refractivity contribution is 0.199. The van der Waals surface area contributed by atoms with Crippen LogP contribution in [0.4, 0.5) is 10.1 Å². The average Bonchev–Trinajstić information content (AvgIpc) is 2.39. The van der Waals surface area contributed by atoms with Crippen LogP contribution in [0.25, 0.3) is 0 Å². The lowest BCUT2D eigenvalue weighted by Crippen LogP contribution is -2.27. The Hall–Kier alpha value is -1.09. The van der Waals surface area contributed by atoms with Crippen LogP contribution >= 0.6 is 0 Å². The monoisotopic (exact) mass is 265 g/mol. The van der Waals surface area contributed by atoms with E-state index in [1.807, 2.05) is 7.05 Å². The molecule has 1 N–H and O–H groups in total. The summed E-state index contributed by atoms with van der Waals surface area (Å²) in [4.78, 5) is 2.16. The zero-order valence-corrected chi connectivity index (χ0v) is 11.9. The fourth-order valence-electron chi connectivity index (χ4n) is 3.06. The molecule has 3 heteroatoms. The van der Waals surface area contributed by atoms with Gasteiger partial charge in [0.05, 0.1) is 6.10 Å². The molecule has 0 saturated heterocycles. The van der Waals surface area contributed by atoms with Crippen LogP contribution in [0, 0.1) is 11.7 Å². The molecule has 1 fully saturated rings. The fraction of sp³-hybridized carbons (Fsp3) is 0.625. The number of nitrogens with zero attached hydrogens (tertiary/aromatic N) is 1. The van der Waals surface area contributed by atoms with Gasteiger partial charge in [0.1, 0.15) is 5.82 Å². The smallest absolute Gasteiger partial charge is 0.123 e. The van der Waals surface area contributed by atoms with Gasteiger partial charge in [-0.2, -0.15) is 0 Å². The lowest BCUT2D eigenvalue weighted by Gasteiger charge is -2.30. The highest BCUT2D eigenvalue weighted by Crippen LogP contribution is 2.30. The van der Waals surface area contributed by atoms with Crippen LogP contribution in [0.15, 0.2) is 18.2 Å². The first-order valence-corrected chi connectivity index (χ1v) is 7.26. The molecule has 0 aliphatic heterocycles. The van der Waals surface area contributed by atoms with E-state index < -0.39 is 6.10 Å². The van der Waals surface area contributed by atoms with Crippen molar-refractivity contribution >= 4 is 5.69 Å². The van der Waals surface area contributed by atoms with Crippen molar-refractivity contribution in [3.63, 3.8) is 0 Å². The summed E-state index contributed by atoms with van der Waals surface area (Å²) in [5.41, 5.74) is 1.63. The van der Waals surface area contributed by atoms with E-state index in [9.17, 15) is 9.50 Å². The zero-order chi connectivity index (χ0) is 13.8. The van der Waals surface area contributed by atoms with Gasteiger partial charge in [-0.1, -0.05) is 19.3 Å². The van der Waals surface area contributed by atoms with Gasteiger partial charge in [-0.05, 0) is 43.9 Å². The van der Waals surface area contributed by atoms with Crippen LogP contribution in [0.5, 0.6) is 0 Å². The molecule has 1 aliphatic rings. The van der Waals surface area contributed by atoms with Crippen molar-refractivity contribution in [2.75, 3.05) is 18.5 Å². The minimum atomic E-state index is -0.639. The lowest BCUT2D eigenvalue weighted by atomic mass is 9.89. The van der Waals surface area contributed by atoms with E-state index in [4.69, 9.17) is 0 Å². The summed E-state index contributed by atoms with van der Waals surface area (Å²) in [6.07, 6.45) is 5.94. The largest absolute Gasteiger partial charge is 0.389 e. The fourth-order valence-corrected chi connectivity index (χ4v) is 3.06. The Labute approximate surface area is 115 Å². The molecule has 0 radical (unpaired) electrons. The second kappa shape index (κ2) is 6.38. The van der Waals surface area contributed by atoms with Crippen molar-refractivity contribution in [3.8, 4) is 0 Å². The number of aliphatic hydroxyl groups is 1. The average molecular weight is 265 g/mol. The van der Waals surface area contributed by atoms with Crippen LogP contribution in [0.1, 0.15) is 50.7 Å². The van der Waals surface area contributed by atoms with Crippen molar-refractivity contribution in [3.05, 3.63) is 29.6 Å². The molecule has 1 unspecified atom stereocenters. The van der Waals surface area contributed by atoms with Crippen molar-refractivity contribution in [2.24, 2.45) is 5.92 Å². The van der Waals surface area contributed by atoms with Crippen molar-refractivity contribution < 1.29 is 9.50 Å². The van der Waals surface area contributed by atoms with Gasteiger partial charge in [-0.25, -0.2) is 4.39 Å². The summed E-state index contributed by atoms with van der Waals surface area (Å²) in [6, 6.07) is 4.69. The standard InChI is InChI=1S/C16H24FNO/c1-12(19)15-10-14(17)8-9-16(15)18(2)11-13-6-4-3-5-7-13/h8-10,12-13,19H,3-7,11H2,1-2H3. The van der Waals surface area contributed by atoms with Crippen molar-refractivity contribution in [1.29, 1.82) is 0 Å². The maximum absolute atomic E-state index is 13.3. The van der Waals surface area contributed by atoms with Gasteiger partial charge in [-0.15, -0.1) is 0 Å². The normalized spacial score (nSPS) is 18.3. The van der Waals surface area contributed by atoms with Gasteiger partial charge in [0.25, 0.3) is 0 Å². The van der Waals surface area contributed by atoms with Gasteiger partial charge in [-0.3, -0.25) is 0 Å². The zero-order valence-electron chi connectivity index (χ0n) is 11.9. The number of aliphatic hydroxyl groups excluding tert-OH is 1. The van der Waals surface area contributed by atoms with E-state index in [1.54, 1.807) is 13.0 Å². The summed E-state index contributed by atoms with van der Waals surface area (Å²) >= 11 is 0. The van der Waals surface area contributed by atoms with Gasteiger partial charge < -0.3 is 10.0 Å². The summed E-state index contributed by atoms with van der Waals surface area (Å²) in [5.74, 6) is 0.441. The molecule has 0 heterocycles. The molecular formula is C16H24FNO. The number of rotatable bonds is 4. The Morgan fingerprint density at radius 1 is 1.32 bits per heavy atom. The molecule has 1 saturated carbocycles. The van der Waals surface area contributed by atoms with E-state index >= 15 is 0 Å². The van der Waals surface area contributed by atoms with E-state index in [1.165, 1.54) is 44.2 Å². The summed E-state index contributed by atoms with van der Waals surface area (Å²) in [7, 11) is 2.04. The van der Waals surface area contributed by atoms with E-state index in [0.717, 1.165) is 18.2 Å². The molecule has 106 valence electrons. The predicted octanol–water partition coefficient (Wildman–Crippen LogP) is 3.90. The molecule has 1 atom stereocenters. The van der Waals surface area contributed by atoms with Gasteiger partial charge in [0, 0.05) is 24.8 Å². The maximum atomic E-state index is 13.3. The van der Waals surface area contributed by atoms with Crippen LogP contribution < -0.4 is 4.90 Å². The Kier molecular flexibility index (Phi) is 4.81. The quantitative estimate of drug-likeness (QED) is 0.892. The highest BCUT2D eigenvalue weighted by molar-refractivity contribution is 5.54. The van der Waals surface area contributed by atoms with E-state index in [2.05, 4.69) is 4.90 Å². The van der Waals surface area contributed by atoms with Crippen molar-refractivity contribution in [2.45, 2.75) is 45.1 Å². The highest BCUT2D eigenvalue weighted by Gasteiger charge is 2.18. The number of anilines is 1. The summed E-state index contributed by atoms with van der Waals surface area (Å²) in [6.45, 7) is 2.68. The van der Waals surface area contributed by atoms with Crippen LogP contribution in [-0.4, -0.2) is 18.7 Å². The molecule has 0 spiro atoms. The first-order valence-electron chi connectivity index (χ1n) is 7.26.